The molecule has 0 aliphatic heterocycles. The average Bonchev–Trinajstić information content (AvgIpc) is 2.85. The maximum Gasteiger partial charge on any atom is 0.304 e. The maximum absolute atomic E-state index is 13.7. The molecule has 1 N–H and O–H groups in total. The van der Waals surface area contributed by atoms with Gasteiger partial charge in [0.25, 0.3) is 0 Å². The maximum atomic E-state index is 13.7. The van der Waals surface area contributed by atoms with Crippen LogP contribution < -0.4 is 9.62 Å². The Kier molecular flexibility index (Phi) is 11.6. The second-order valence-electron chi connectivity index (χ2n) is 8.61. The summed E-state index contributed by atoms with van der Waals surface area (Å²) in [5.74, 6) is -1.50. The van der Waals surface area contributed by atoms with Crippen molar-refractivity contribution in [2.24, 2.45) is 0 Å². The van der Waals surface area contributed by atoms with Gasteiger partial charge in [0.1, 0.15) is 18.4 Å². The Balaban J connectivity index is 2.48. The number of nitrogens with zero attached hydrogens (tertiary/aromatic N) is 3. The summed E-state index contributed by atoms with van der Waals surface area (Å²) in [6.07, 6.45) is 1.96. The number of rotatable bonds is 13. The van der Waals surface area contributed by atoms with Crippen molar-refractivity contribution in [3.8, 4) is 0 Å². The van der Waals surface area contributed by atoms with Crippen LogP contribution in [0.15, 0.2) is 42.5 Å². The molecule has 2 rings (SSSR count). The fraction of sp³-hybridized carbons (Fsp3) is 0.440. The van der Waals surface area contributed by atoms with Crippen molar-refractivity contribution in [3.63, 3.8) is 0 Å². The van der Waals surface area contributed by atoms with E-state index in [4.69, 9.17) is 23.2 Å². The third-order valence-corrected chi connectivity index (χ3v) is 8.24. The first kappa shape index (κ1) is 30.8. The van der Waals surface area contributed by atoms with Gasteiger partial charge in [0.15, 0.2) is 0 Å². The highest BCUT2D eigenvalue weighted by Gasteiger charge is 2.33. The van der Waals surface area contributed by atoms with E-state index in [1.807, 2.05) is 6.92 Å². The lowest BCUT2D eigenvalue weighted by Gasteiger charge is -2.34. The van der Waals surface area contributed by atoms with Gasteiger partial charge in [0.05, 0.1) is 15.7 Å². The number of carbonyl (C=O) groups is 2. The van der Waals surface area contributed by atoms with Gasteiger partial charge in [-0.15, -0.1) is 0 Å². The Morgan fingerprint density at radius 1 is 1.03 bits per heavy atom. The van der Waals surface area contributed by atoms with Gasteiger partial charge in [-0.05, 0) is 54.8 Å². The van der Waals surface area contributed by atoms with Crippen molar-refractivity contribution in [1.82, 2.24) is 14.5 Å². The lowest BCUT2D eigenvalue weighted by Crippen LogP contribution is -2.53. The van der Waals surface area contributed by atoms with E-state index in [1.165, 1.54) is 31.1 Å². The van der Waals surface area contributed by atoms with Crippen LogP contribution in [0.4, 0.5) is 10.1 Å². The summed E-state index contributed by atoms with van der Waals surface area (Å²) in [6.45, 7) is 3.62. The van der Waals surface area contributed by atoms with Gasteiger partial charge in [-0.1, -0.05) is 49.5 Å². The Morgan fingerprint density at radius 3 is 2.22 bits per heavy atom. The van der Waals surface area contributed by atoms with Crippen LogP contribution in [0.2, 0.25) is 10.0 Å². The van der Waals surface area contributed by atoms with E-state index in [0.717, 1.165) is 33.6 Å². The largest absolute Gasteiger partial charge is 0.354 e. The van der Waals surface area contributed by atoms with Crippen LogP contribution in [0.5, 0.6) is 0 Å². The molecule has 1 atom stereocenters. The third kappa shape index (κ3) is 8.29. The number of nitrogens with one attached hydrogen (secondary N) is 1. The predicted molar refractivity (Wildman–Crippen MR) is 145 cm³/mol. The Bertz CT molecular complexity index is 1180. The van der Waals surface area contributed by atoms with Crippen molar-refractivity contribution >= 4 is 50.9 Å². The first-order valence-electron chi connectivity index (χ1n) is 11.9. The highest BCUT2D eigenvalue weighted by atomic mass is 35.5. The Hall–Kier alpha value is -2.40. The van der Waals surface area contributed by atoms with Crippen molar-refractivity contribution < 1.29 is 22.4 Å². The molecule has 0 saturated carbocycles. The molecule has 8 nitrogen and oxygen atoms in total. The van der Waals surface area contributed by atoms with Crippen molar-refractivity contribution in [1.29, 1.82) is 0 Å². The summed E-state index contributed by atoms with van der Waals surface area (Å²) >= 11 is 12.2. The molecule has 0 saturated heterocycles. The van der Waals surface area contributed by atoms with Crippen molar-refractivity contribution in [3.05, 3.63) is 63.9 Å². The topological polar surface area (TPSA) is 90.0 Å². The van der Waals surface area contributed by atoms with E-state index < -0.39 is 34.5 Å². The van der Waals surface area contributed by atoms with Crippen LogP contribution in [-0.4, -0.2) is 62.7 Å². The number of amides is 2. The molecule has 0 aliphatic rings. The molecule has 0 aliphatic carbocycles. The number of anilines is 1. The fourth-order valence-corrected chi connectivity index (χ4v) is 4.96. The minimum absolute atomic E-state index is 0.00526. The summed E-state index contributed by atoms with van der Waals surface area (Å²) in [6, 6.07) is 8.79. The first-order chi connectivity index (χ1) is 17.4. The van der Waals surface area contributed by atoms with Gasteiger partial charge in [-0.25, -0.2) is 8.70 Å². The molecular weight excluding hydrogens is 542 g/mol. The minimum Gasteiger partial charge on any atom is -0.354 e. The molecule has 2 amide bonds. The summed E-state index contributed by atoms with van der Waals surface area (Å²) in [4.78, 5) is 28.1. The second-order valence-corrected chi connectivity index (χ2v) is 11.5. The molecule has 0 unspecified atom stereocenters. The number of unbranched alkanes of at least 4 members (excludes halogenated alkanes) is 1. The van der Waals surface area contributed by atoms with Gasteiger partial charge in [0, 0.05) is 27.2 Å². The molecule has 0 heterocycles. The van der Waals surface area contributed by atoms with Gasteiger partial charge in [-0.3, -0.25) is 9.59 Å². The van der Waals surface area contributed by atoms with Crippen molar-refractivity contribution in [2.45, 2.75) is 45.7 Å². The zero-order chi connectivity index (χ0) is 27.8. The molecule has 2 aromatic carbocycles. The van der Waals surface area contributed by atoms with Crippen LogP contribution in [0, 0.1) is 5.82 Å². The number of hydrogen-bond donors (Lipinski definition) is 1. The van der Waals surface area contributed by atoms with E-state index in [9.17, 15) is 22.4 Å². The standard InChI is InChI=1S/C25H33Cl2FN4O4S/c1-5-7-14-29-25(34)23(6-2)31(16-18-8-13-21(26)22(27)15-18)24(33)17-32(37(35,36)30(3)4)20-11-9-19(28)10-12-20/h8-13,15,23H,5-7,14,16-17H2,1-4H3,(H,29,34)/t23-/m1/s1. The predicted octanol–water partition coefficient (Wildman–Crippen LogP) is 4.47. The van der Waals surface area contributed by atoms with Gasteiger partial charge >= 0.3 is 10.2 Å². The van der Waals surface area contributed by atoms with E-state index >= 15 is 0 Å². The van der Waals surface area contributed by atoms with Gasteiger partial charge < -0.3 is 10.2 Å². The molecule has 204 valence electrons. The average molecular weight is 576 g/mol. The molecule has 0 spiro atoms. The number of benzene rings is 2. The van der Waals surface area contributed by atoms with Gasteiger partial charge in [-0.2, -0.15) is 12.7 Å². The highest BCUT2D eigenvalue weighted by molar-refractivity contribution is 7.90. The number of halogens is 3. The van der Waals surface area contributed by atoms with Crippen LogP contribution in [0.1, 0.15) is 38.7 Å². The molecule has 2 aromatic rings. The number of hydrogen-bond acceptors (Lipinski definition) is 4. The van der Waals surface area contributed by atoms with Crippen LogP contribution >= 0.6 is 23.2 Å². The lowest BCUT2D eigenvalue weighted by atomic mass is 10.1. The molecule has 37 heavy (non-hydrogen) atoms. The highest BCUT2D eigenvalue weighted by Crippen LogP contribution is 2.25. The SMILES string of the molecule is CCCCNC(=O)[C@@H](CC)N(Cc1ccc(Cl)c(Cl)c1)C(=O)CN(c1ccc(F)cc1)S(=O)(=O)N(C)C. The van der Waals surface area contributed by atoms with E-state index in [1.54, 1.807) is 25.1 Å². The minimum atomic E-state index is -4.13. The van der Waals surface area contributed by atoms with Gasteiger partial charge in [0.2, 0.25) is 11.8 Å². The molecule has 0 bridgehead atoms. The van der Waals surface area contributed by atoms with E-state index in [-0.39, 0.29) is 23.2 Å². The molecule has 0 fully saturated rings. The monoisotopic (exact) mass is 574 g/mol. The summed E-state index contributed by atoms with van der Waals surface area (Å²) < 4.78 is 41.7. The van der Waals surface area contributed by atoms with Crippen molar-refractivity contribution in [2.75, 3.05) is 31.5 Å². The Morgan fingerprint density at radius 2 is 1.68 bits per heavy atom. The first-order valence-corrected chi connectivity index (χ1v) is 14.0. The Labute approximate surface area is 228 Å². The molecule has 0 radical (unpaired) electrons. The normalized spacial score (nSPS) is 12.3. The van der Waals surface area contributed by atoms with E-state index in [0.29, 0.717) is 23.6 Å². The summed E-state index contributed by atoms with van der Waals surface area (Å²) in [5, 5.41) is 3.48. The van der Waals surface area contributed by atoms with Crippen LogP contribution in [-0.2, 0) is 26.3 Å². The smallest absolute Gasteiger partial charge is 0.304 e. The number of carbonyl (C=O) groups excluding carboxylic acids is 2. The van der Waals surface area contributed by atoms with E-state index in [2.05, 4.69) is 5.32 Å². The molecule has 12 heteroatoms. The molecule has 0 aromatic heterocycles. The quantitative estimate of drug-likeness (QED) is 0.357. The van der Waals surface area contributed by atoms with Crippen LogP contribution in [0.25, 0.3) is 0 Å². The summed E-state index contributed by atoms with van der Waals surface area (Å²) in [7, 11) is -1.46. The lowest BCUT2D eigenvalue weighted by molar-refractivity contribution is -0.140. The summed E-state index contributed by atoms with van der Waals surface area (Å²) in [5.41, 5.74) is 0.727. The zero-order valence-corrected chi connectivity index (χ0v) is 23.7. The van der Waals surface area contributed by atoms with Crippen LogP contribution in [0.3, 0.4) is 0 Å². The molecular formula is C25H33Cl2FN4O4S. The zero-order valence-electron chi connectivity index (χ0n) is 21.4. The third-order valence-electron chi connectivity index (χ3n) is 5.69. The second kappa shape index (κ2) is 13.9. The fourth-order valence-electron chi connectivity index (χ4n) is 3.58.